The van der Waals surface area contributed by atoms with E-state index in [0.29, 0.717) is 25.1 Å². The Hall–Kier alpha value is -2.16. The molecule has 15 atom stereocenters. The highest BCUT2D eigenvalue weighted by Crippen LogP contribution is 2.80. The number of hydrogen-bond acceptors (Lipinski definition) is 12. The van der Waals surface area contributed by atoms with Gasteiger partial charge in [-0.15, -0.1) is 0 Å². The lowest BCUT2D eigenvalue weighted by Gasteiger charge is -2.70. The Kier molecular flexibility index (Phi) is 7.69. The van der Waals surface area contributed by atoms with E-state index in [0.717, 1.165) is 0 Å². The Bertz CT molecular complexity index is 1360. The van der Waals surface area contributed by atoms with Crippen molar-refractivity contribution in [2.24, 2.45) is 34.5 Å². The predicted octanol–water partition coefficient (Wildman–Crippen LogP) is 0.648. The topological polar surface area (TPSA) is 153 Å². The number of nitrogens with zero attached hydrogens (tertiary/aromatic N) is 1. The standard InChI is InChI=1S/C34H47NO11/c1-7-35-15-31(16-41-3)20(37)13-21(42-4)33-19-14-32(40)28(45-30(39)18-11-9-8-10-12-18)22(19)34(46-17(2)36,27(38)29(32)44-6)23(26(33)35)24(43-5)25(31)33/h8-12,19-29,37-38,40H,7,13-16H2,1-6H3/t19-,20-,21+,22+,23+,24+,25-,26-,27+,28-,29+,31-,32-,33+,34+/m1/s1. The minimum absolute atomic E-state index is 0.0791. The minimum atomic E-state index is -1.83. The number of carbonyl (C=O) groups is 2. The molecule has 5 saturated carbocycles. The number of rotatable bonds is 9. The van der Waals surface area contributed by atoms with Crippen LogP contribution in [0.3, 0.4) is 0 Å². The van der Waals surface area contributed by atoms with E-state index in [9.17, 15) is 24.9 Å². The van der Waals surface area contributed by atoms with Gasteiger partial charge in [-0.3, -0.25) is 9.69 Å². The van der Waals surface area contributed by atoms with Crippen LogP contribution < -0.4 is 0 Å². The Morgan fingerprint density at radius 2 is 1.72 bits per heavy atom. The van der Waals surface area contributed by atoms with Crippen LogP contribution in [0, 0.1) is 34.5 Å². The zero-order valence-corrected chi connectivity index (χ0v) is 27.3. The van der Waals surface area contributed by atoms with Crippen molar-refractivity contribution in [1.29, 1.82) is 0 Å². The maximum atomic E-state index is 13.8. The number of carbonyl (C=O) groups excluding carboxylic acids is 2. The van der Waals surface area contributed by atoms with Crippen LogP contribution in [-0.4, -0.2) is 134 Å². The third kappa shape index (κ3) is 3.62. The van der Waals surface area contributed by atoms with Gasteiger partial charge < -0.3 is 43.7 Å². The van der Waals surface area contributed by atoms with Gasteiger partial charge in [0, 0.05) is 83.0 Å². The van der Waals surface area contributed by atoms with E-state index in [1.54, 1.807) is 51.7 Å². The van der Waals surface area contributed by atoms with Crippen molar-refractivity contribution in [2.45, 2.75) is 80.6 Å². The summed E-state index contributed by atoms with van der Waals surface area (Å²) < 4.78 is 37.4. The van der Waals surface area contributed by atoms with Crippen LogP contribution in [0.2, 0.25) is 0 Å². The number of aliphatic hydroxyl groups is 3. The maximum absolute atomic E-state index is 13.8. The molecule has 1 aromatic carbocycles. The molecule has 0 unspecified atom stereocenters. The molecule has 1 spiro atoms. The number of aliphatic hydroxyl groups excluding tert-OH is 2. The van der Waals surface area contributed by atoms with Crippen molar-refractivity contribution in [2.75, 3.05) is 48.1 Å². The summed E-state index contributed by atoms with van der Waals surface area (Å²) in [5.41, 5.74) is -4.79. The molecule has 1 saturated heterocycles. The van der Waals surface area contributed by atoms with E-state index in [2.05, 4.69) is 4.90 Å². The summed E-state index contributed by atoms with van der Waals surface area (Å²) in [5.74, 6) is -3.65. The van der Waals surface area contributed by atoms with Crippen molar-refractivity contribution in [3.8, 4) is 0 Å². The lowest BCUT2D eigenvalue weighted by atomic mass is 9.42. The highest BCUT2D eigenvalue weighted by atomic mass is 16.6. The van der Waals surface area contributed by atoms with Gasteiger partial charge in [0.1, 0.15) is 23.9 Å². The van der Waals surface area contributed by atoms with E-state index < -0.39 is 88.3 Å². The number of methoxy groups -OCH3 is 4. The first-order chi connectivity index (χ1) is 22.0. The summed E-state index contributed by atoms with van der Waals surface area (Å²) in [6.45, 7) is 4.68. The zero-order chi connectivity index (χ0) is 33.0. The molecule has 7 bridgehead atoms. The van der Waals surface area contributed by atoms with Gasteiger partial charge in [-0.2, -0.15) is 0 Å². The van der Waals surface area contributed by atoms with Gasteiger partial charge in [-0.05, 0) is 31.0 Å². The average molecular weight is 646 g/mol. The van der Waals surface area contributed by atoms with Crippen LogP contribution in [0.15, 0.2) is 30.3 Å². The Balaban J connectivity index is 1.53. The normalized spacial score (nSPS) is 49.9. The number of benzene rings is 1. The van der Waals surface area contributed by atoms with Crippen molar-refractivity contribution in [3.05, 3.63) is 35.9 Å². The molecule has 254 valence electrons. The second-order valence-electron chi connectivity index (χ2n) is 14.4. The quantitative estimate of drug-likeness (QED) is 0.323. The van der Waals surface area contributed by atoms with Crippen LogP contribution in [-0.2, 0) is 33.2 Å². The molecule has 12 nitrogen and oxygen atoms in total. The van der Waals surface area contributed by atoms with Gasteiger partial charge in [0.05, 0.1) is 30.5 Å². The lowest BCUT2D eigenvalue weighted by molar-refractivity contribution is -0.322. The number of likely N-dealkylation sites (tertiary alicyclic amines) is 1. The summed E-state index contributed by atoms with van der Waals surface area (Å²) in [4.78, 5) is 29.3. The number of piperidine rings is 1. The largest absolute Gasteiger partial charge is 0.455 e. The average Bonchev–Trinajstić information content (AvgIpc) is 3.41. The molecule has 1 aliphatic heterocycles. The molecule has 1 aromatic rings. The van der Waals surface area contributed by atoms with Crippen LogP contribution in [0.5, 0.6) is 0 Å². The van der Waals surface area contributed by atoms with E-state index in [-0.39, 0.29) is 25.0 Å². The molecule has 7 rings (SSSR count). The van der Waals surface area contributed by atoms with Crippen LogP contribution in [0.4, 0.5) is 0 Å². The monoisotopic (exact) mass is 645 g/mol. The second kappa shape index (κ2) is 10.9. The first-order valence-electron chi connectivity index (χ1n) is 16.3. The van der Waals surface area contributed by atoms with E-state index in [1.807, 2.05) is 6.92 Å². The Morgan fingerprint density at radius 1 is 1.00 bits per heavy atom. The van der Waals surface area contributed by atoms with Crippen molar-refractivity contribution in [3.63, 3.8) is 0 Å². The fourth-order valence-electron chi connectivity index (χ4n) is 12.3. The number of hydrogen-bond donors (Lipinski definition) is 3. The van der Waals surface area contributed by atoms with Gasteiger partial charge >= 0.3 is 11.9 Å². The van der Waals surface area contributed by atoms with Crippen LogP contribution >= 0.6 is 0 Å². The van der Waals surface area contributed by atoms with Crippen LogP contribution in [0.1, 0.15) is 37.0 Å². The molecule has 0 aromatic heterocycles. The Labute approximate surface area is 269 Å². The second-order valence-corrected chi connectivity index (χ2v) is 14.4. The number of fused-ring (bicyclic) bond motifs is 2. The number of esters is 2. The summed E-state index contributed by atoms with van der Waals surface area (Å²) in [6, 6.07) is 8.18. The maximum Gasteiger partial charge on any atom is 0.338 e. The van der Waals surface area contributed by atoms with Gasteiger partial charge in [-0.1, -0.05) is 25.1 Å². The highest BCUT2D eigenvalue weighted by Gasteiger charge is 2.92. The molecule has 0 radical (unpaired) electrons. The predicted molar refractivity (Wildman–Crippen MR) is 160 cm³/mol. The molecule has 12 heteroatoms. The van der Waals surface area contributed by atoms with Crippen molar-refractivity contribution in [1.82, 2.24) is 4.90 Å². The first-order valence-corrected chi connectivity index (χ1v) is 16.3. The van der Waals surface area contributed by atoms with E-state index in [4.69, 9.17) is 28.4 Å². The number of ether oxygens (including phenoxy) is 6. The molecule has 1 heterocycles. The zero-order valence-electron chi connectivity index (χ0n) is 27.3. The van der Waals surface area contributed by atoms with Crippen molar-refractivity contribution >= 4 is 11.9 Å². The fraction of sp³-hybridized carbons (Fsp3) is 0.765. The van der Waals surface area contributed by atoms with Gasteiger partial charge in [0.25, 0.3) is 0 Å². The summed E-state index contributed by atoms with van der Waals surface area (Å²) in [7, 11) is 6.27. The van der Waals surface area contributed by atoms with Gasteiger partial charge in [-0.25, -0.2) is 4.79 Å². The smallest absolute Gasteiger partial charge is 0.338 e. The fourth-order valence-corrected chi connectivity index (χ4v) is 12.3. The van der Waals surface area contributed by atoms with Gasteiger partial charge in [0.15, 0.2) is 5.60 Å². The SMILES string of the molecule is CCN1C[C@@]2(COC)[C@H](O)C[C@H](OC)[C@@]34[C@@H]5C[C@@]6(O)[C@H](OC(=O)c7ccccc7)[C@H]5[C@](OC(C)=O)([C@@H]([C@H](OC)[C@H]23)[C@@H]14)[C@@H](O)[C@@H]6OC. The first kappa shape index (κ1) is 32.4. The molecular formula is C34H47NO11. The highest BCUT2D eigenvalue weighted by molar-refractivity contribution is 5.89. The van der Waals surface area contributed by atoms with Crippen molar-refractivity contribution < 1.29 is 53.3 Å². The molecule has 46 heavy (non-hydrogen) atoms. The lowest BCUT2D eigenvalue weighted by Crippen LogP contribution is -2.81. The Morgan fingerprint density at radius 3 is 2.30 bits per heavy atom. The summed E-state index contributed by atoms with van der Waals surface area (Å²) in [5, 5.41) is 37.3. The molecular weight excluding hydrogens is 598 g/mol. The van der Waals surface area contributed by atoms with Gasteiger partial charge in [0.2, 0.25) is 0 Å². The minimum Gasteiger partial charge on any atom is -0.455 e. The van der Waals surface area contributed by atoms with E-state index in [1.165, 1.54) is 14.0 Å². The van der Waals surface area contributed by atoms with Crippen LogP contribution in [0.25, 0.3) is 0 Å². The summed E-state index contributed by atoms with van der Waals surface area (Å²) >= 11 is 0. The molecule has 5 aliphatic carbocycles. The molecule has 3 N–H and O–H groups in total. The molecule has 6 fully saturated rings. The molecule has 6 aliphatic rings. The third-order valence-electron chi connectivity index (χ3n) is 13.2. The van der Waals surface area contributed by atoms with E-state index >= 15 is 0 Å². The summed E-state index contributed by atoms with van der Waals surface area (Å²) in [6.07, 6.45) is -5.49. The third-order valence-corrected chi connectivity index (χ3v) is 13.2. The molecule has 0 amide bonds.